The number of aromatic nitrogens is 2. The summed E-state index contributed by atoms with van der Waals surface area (Å²) in [4.78, 5) is 11.8. The number of amides is 2. The Morgan fingerprint density at radius 1 is 1.45 bits per heavy atom. The molecule has 0 radical (unpaired) electrons. The van der Waals surface area contributed by atoms with Crippen molar-refractivity contribution in [3.63, 3.8) is 0 Å². The molecule has 0 aliphatic carbocycles. The van der Waals surface area contributed by atoms with Crippen LogP contribution in [-0.4, -0.2) is 36.0 Å². The highest BCUT2D eigenvalue weighted by Crippen LogP contribution is 2.27. The lowest BCUT2D eigenvalue weighted by atomic mass is 10.1. The average molecular weight is 298 g/mol. The molecule has 2 heterocycles. The lowest BCUT2D eigenvalue weighted by Crippen LogP contribution is -2.33. The van der Waals surface area contributed by atoms with Crippen molar-refractivity contribution < 1.29 is 9.53 Å². The molecule has 1 aromatic heterocycles. The summed E-state index contributed by atoms with van der Waals surface area (Å²) in [6.45, 7) is 6.45. The summed E-state index contributed by atoms with van der Waals surface area (Å²) in [5, 5.41) is 15.3. The van der Waals surface area contributed by atoms with Gasteiger partial charge in [-0.2, -0.15) is 0 Å². The number of urea groups is 1. The lowest BCUT2D eigenvalue weighted by Gasteiger charge is -2.09. The van der Waals surface area contributed by atoms with E-state index >= 15 is 0 Å². The Morgan fingerprint density at radius 3 is 2.90 bits per heavy atom. The quantitative estimate of drug-likeness (QED) is 0.846. The van der Waals surface area contributed by atoms with E-state index in [2.05, 4.69) is 34.7 Å². The first-order chi connectivity index (χ1) is 9.72. The van der Waals surface area contributed by atoms with E-state index in [0.29, 0.717) is 23.5 Å². The summed E-state index contributed by atoms with van der Waals surface area (Å²) in [6.07, 6.45) is 3.09. The van der Waals surface area contributed by atoms with Crippen molar-refractivity contribution in [2.75, 3.05) is 25.1 Å². The number of hydrogen-bond donors (Lipinski definition) is 2. The van der Waals surface area contributed by atoms with Crippen molar-refractivity contribution in [2.24, 2.45) is 5.92 Å². The van der Waals surface area contributed by atoms with E-state index in [1.54, 1.807) is 0 Å². The smallest absolute Gasteiger partial charge is 0.321 e. The summed E-state index contributed by atoms with van der Waals surface area (Å²) >= 11 is 1.46. The van der Waals surface area contributed by atoms with Crippen molar-refractivity contribution >= 4 is 22.5 Å². The Kier molecular flexibility index (Phi) is 5.72. The number of rotatable bonds is 6. The first-order valence-electron chi connectivity index (χ1n) is 7.18. The van der Waals surface area contributed by atoms with E-state index in [1.165, 1.54) is 11.3 Å². The van der Waals surface area contributed by atoms with Crippen LogP contribution in [0.15, 0.2) is 0 Å². The second-order valence-electron chi connectivity index (χ2n) is 5.02. The molecule has 7 heteroatoms. The highest BCUT2D eigenvalue weighted by atomic mass is 32.1. The van der Waals surface area contributed by atoms with Gasteiger partial charge in [-0.15, -0.1) is 10.2 Å². The third-order valence-electron chi connectivity index (χ3n) is 3.57. The molecular weight excluding hydrogens is 276 g/mol. The highest BCUT2D eigenvalue weighted by molar-refractivity contribution is 7.15. The Morgan fingerprint density at radius 2 is 2.25 bits per heavy atom. The van der Waals surface area contributed by atoms with Crippen LogP contribution in [0, 0.1) is 5.92 Å². The van der Waals surface area contributed by atoms with Crippen LogP contribution in [0.5, 0.6) is 0 Å². The molecule has 0 bridgehead atoms. The van der Waals surface area contributed by atoms with Gasteiger partial charge in [0.05, 0.1) is 6.61 Å². The van der Waals surface area contributed by atoms with Gasteiger partial charge >= 0.3 is 6.03 Å². The molecule has 2 amide bonds. The average Bonchev–Trinajstić information content (AvgIpc) is 3.10. The highest BCUT2D eigenvalue weighted by Gasteiger charge is 2.17. The molecule has 1 aliphatic rings. The van der Waals surface area contributed by atoms with Crippen molar-refractivity contribution in [1.29, 1.82) is 0 Å². The predicted molar refractivity (Wildman–Crippen MR) is 79.2 cm³/mol. The Balaban J connectivity index is 1.78. The minimum absolute atomic E-state index is 0.218. The molecule has 1 fully saturated rings. The third kappa shape index (κ3) is 4.14. The molecule has 1 atom stereocenters. The standard InChI is InChI=1S/C13H22N4O2S/c1-3-10(4-2)11-16-17-13(20-11)15-12(18)14-7-9-5-6-19-8-9/h9-10H,3-8H2,1-2H3,(H2,14,15,17,18). The van der Waals surface area contributed by atoms with Crippen LogP contribution in [0.4, 0.5) is 9.93 Å². The Labute approximate surface area is 123 Å². The number of anilines is 1. The van der Waals surface area contributed by atoms with Gasteiger partial charge in [-0.05, 0) is 19.3 Å². The summed E-state index contributed by atoms with van der Waals surface area (Å²) in [5.74, 6) is 0.858. The van der Waals surface area contributed by atoms with Gasteiger partial charge in [0.25, 0.3) is 0 Å². The van der Waals surface area contributed by atoms with E-state index in [4.69, 9.17) is 4.74 Å². The molecule has 112 valence electrons. The zero-order valence-corrected chi connectivity index (χ0v) is 12.8. The topological polar surface area (TPSA) is 76.1 Å². The summed E-state index contributed by atoms with van der Waals surface area (Å²) in [5.41, 5.74) is 0. The lowest BCUT2D eigenvalue weighted by molar-refractivity contribution is 0.185. The molecule has 1 aromatic rings. The van der Waals surface area contributed by atoms with Crippen LogP contribution in [0.2, 0.25) is 0 Å². The zero-order valence-electron chi connectivity index (χ0n) is 12.0. The summed E-state index contributed by atoms with van der Waals surface area (Å²) in [7, 11) is 0. The van der Waals surface area contributed by atoms with Gasteiger partial charge < -0.3 is 10.1 Å². The predicted octanol–water partition coefficient (Wildman–Crippen LogP) is 2.60. The molecule has 2 N–H and O–H groups in total. The normalized spacial score (nSPS) is 18.4. The molecule has 2 rings (SSSR count). The molecule has 0 saturated carbocycles. The molecule has 1 saturated heterocycles. The fourth-order valence-electron chi connectivity index (χ4n) is 2.21. The van der Waals surface area contributed by atoms with E-state index in [0.717, 1.165) is 37.5 Å². The molecule has 0 spiro atoms. The van der Waals surface area contributed by atoms with Crippen molar-refractivity contribution in [1.82, 2.24) is 15.5 Å². The number of carbonyl (C=O) groups excluding carboxylic acids is 1. The molecule has 1 unspecified atom stereocenters. The molecule has 20 heavy (non-hydrogen) atoms. The first-order valence-corrected chi connectivity index (χ1v) is 8.00. The summed E-state index contributed by atoms with van der Waals surface area (Å²) in [6, 6.07) is -0.218. The van der Waals surface area contributed by atoms with Gasteiger partial charge in [-0.3, -0.25) is 5.32 Å². The van der Waals surface area contributed by atoms with Gasteiger partial charge in [0, 0.05) is 25.0 Å². The second kappa shape index (κ2) is 7.54. The Bertz CT molecular complexity index is 428. The number of nitrogens with one attached hydrogen (secondary N) is 2. The number of ether oxygens (including phenoxy) is 1. The molecule has 6 nitrogen and oxygen atoms in total. The van der Waals surface area contributed by atoms with Gasteiger partial charge in [0.2, 0.25) is 5.13 Å². The van der Waals surface area contributed by atoms with Crippen LogP contribution in [0.25, 0.3) is 0 Å². The maximum atomic E-state index is 11.8. The largest absolute Gasteiger partial charge is 0.381 e. The minimum Gasteiger partial charge on any atom is -0.381 e. The van der Waals surface area contributed by atoms with Gasteiger partial charge in [0.1, 0.15) is 5.01 Å². The SMILES string of the molecule is CCC(CC)c1nnc(NC(=O)NCC2CCOC2)s1. The maximum Gasteiger partial charge on any atom is 0.321 e. The van der Waals surface area contributed by atoms with E-state index in [1.807, 2.05) is 0 Å². The molecular formula is C13H22N4O2S. The van der Waals surface area contributed by atoms with Gasteiger partial charge in [-0.1, -0.05) is 25.2 Å². The maximum absolute atomic E-state index is 11.8. The van der Waals surface area contributed by atoms with Crippen LogP contribution in [0.3, 0.4) is 0 Å². The summed E-state index contributed by atoms with van der Waals surface area (Å²) < 4.78 is 5.27. The fourth-order valence-corrected chi connectivity index (χ4v) is 3.22. The van der Waals surface area contributed by atoms with Crippen LogP contribution in [-0.2, 0) is 4.74 Å². The Hall–Kier alpha value is -1.21. The van der Waals surface area contributed by atoms with Crippen molar-refractivity contribution in [2.45, 2.75) is 39.0 Å². The minimum atomic E-state index is -0.218. The van der Waals surface area contributed by atoms with Gasteiger partial charge in [0.15, 0.2) is 0 Å². The van der Waals surface area contributed by atoms with E-state index < -0.39 is 0 Å². The van der Waals surface area contributed by atoms with E-state index in [9.17, 15) is 4.79 Å². The number of nitrogens with zero attached hydrogens (tertiary/aromatic N) is 2. The van der Waals surface area contributed by atoms with Crippen molar-refractivity contribution in [3.05, 3.63) is 5.01 Å². The van der Waals surface area contributed by atoms with Crippen molar-refractivity contribution in [3.8, 4) is 0 Å². The van der Waals surface area contributed by atoms with E-state index in [-0.39, 0.29) is 6.03 Å². The van der Waals surface area contributed by atoms with Crippen LogP contribution >= 0.6 is 11.3 Å². The monoisotopic (exact) mass is 298 g/mol. The number of hydrogen-bond acceptors (Lipinski definition) is 5. The van der Waals surface area contributed by atoms with Crippen LogP contribution < -0.4 is 10.6 Å². The van der Waals surface area contributed by atoms with Crippen LogP contribution in [0.1, 0.15) is 44.0 Å². The van der Waals surface area contributed by atoms with Gasteiger partial charge in [-0.25, -0.2) is 4.79 Å². The molecule has 1 aliphatic heterocycles. The number of carbonyl (C=O) groups is 1. The zero-order chi connectivity index (χ0) is 14.4. The second-order valence-corrected chi connectivity index (χ2v) is 6.03. The first kappa shape index (κ1) is 15.2. The molecule has 0 aromatic carbocycles. The fraction of sp³-hybridized carbons (Fsp3) is 0.769. The third-order valence-corrected chi connectivity index (χ3v) is 4.57.